The van der Waals surface area contributed by atoms with E-state index in [2.05, 4.69) is 5.32 Å². The summed E-state index contributed by atoms with van der Waals surface area (Å²) in [5, 5.41) is 12.0. The van der Waals surface area contributed by atoms with Crippen LogP contribution in [-0.4, -0.2) is 81.9 Å². The minimum atomic E-state index is -1.01. The molecule has 0 radical (unpaired) electrons. The molecule has 4 rings (SSSR count). The van der Waals surface area contributed by atoms with E-state index in [1.54, 1.807) is 9.80 Å². The Bertz CT molecular complexity index is 850. The highest BCUT2D eigenvalue weighted by Gasteiger charge is 2.58. The number of carbonyl (C=O) groups excluding carboxylic acids is 4. The summed E-state index contributed by atoms with van der Waals surface area (Å²) in [4.78, 5) is 54.9. The lowest BCUT2D eigenvalue weighted by Crippen LogP contribution is -2.57. The van der Waals surface area contributed by atoms with Crippen molar-refractivity contribution < 1.29 is 24.3 Å². The maximum atomic E-state index is 13.3. The zero-order valence-electron chi connectivity index (χ0n) is 16.7. The Morgan fingerprint density at radius 1 is 1.13 bits per heavy atom. The predicted molar refractivity (Wildman–Crippen MR) is 106 cm³/mol. The van der Waals surface area contributed by atoms with Crippen molar-refractivity contribution in [3.8, 4) is 0 Å². The predicted octanol–water partition coefficient (Wildman–Crippen LogP) is -0.0596. The van der Waals surface area contributed by atoms with Crippen LogP contribution in [0.25, 0.3) is 0 Å². The molecular weight excluding hydrogens is 388 g/mol. The topological polar surface area (TPSA) is 110 Å². The average Bonchev–Trinajstić information content (AvgIpc) is 3.27. The second-order valence-corrected chi connectivity index (χ2v) is 8.10. The molecule has 1 aromatic rings. The molecule has 2 N–H and O–H groups in total. The van der Waals surface area contributed by atoms with Crippen molar-refractivity contribution in [2.75, 3.05) is 32.8 Å². The quantitative estimate of drug-likeness (QED) is 0.656. The Labute approximate surface area is 174 Å². The smallest absolute Gasteiger partial charge is 0.328 e. The molecule has 5 amide bonds. The maximum Gasteiger partial charge on any atom is 0.328 e. The van der Waals surface area contributed by atoms with Gasteiger partial charge < -0.3 is 20.2 Å². The molecule has 1 unspecified atom stereocenters. The third-order valence-electron chi connectivity index (χ3n) is 6.36. The van der Waals surface area contributed by atoms with E-state index in [1.165, 1.54) is 0 Å². The van der Waals surface area contributed by atoms with Gasteiger partial charge in [-0.3, -0.25) is 19.3 Å². The molecule has 9 heteroatoms. The summed E-state index contributed by atoms with van der Waals surface area (Å²) in [5.41, 5.74) is -0.0965. The molecule has 9 nitrogen and oxygen atoms in total. The highest BCUT2D eigenvalue weighted by molar-refractivity contribution is 6.07. The number of nitrogens with one attached hydrogen (secondary N) is 1. The number of piperidine rings is 1. The van der Waals surface area contributed by atoms with Crippen LogP contribution in [0.5, 0.6) is 0 Å². The number of amides is 5. The first-order chi connectivity index (χ1) is 14.5. The molecule has 0 aliphatic carbocycles. The lowest BCUT2D eigenvalue weighted by atomic mass is 9.85. The molecule has 160 valence electrons. The van der Waals surface area contributed by atoms with Crippen LogP contribution in [0.4, 0.5) is 4.79 Å². The van der Waals surface area contributed by atoms with Crippen LogP contribution in [0.3, 0.4) is 0 Å². The van der Waals surface area contributed by atoms with E-state index >= 15 is 0 Å². The zero-order chi connectivity index (χ0) is 21.3. The number of imide groups is 1. The SMILES string of the molecule is O=C1CC(C(=O)N2CCC3(CC2)C(=O)N(CCO)C(=O)N3Cc2ccccc2)CN1. The van der Waals surface area contributed by atoms with E-state index in [4.69, 9.17) is 0 Å². The summed E-state index contributed by atoms with van der Waals surface area (Å²) in [7, 11) is 0. The fourth-order valence-corrected chi connectivity index (χ4v) is 4.68. The van der Waals surface area contributed by atoms with E-state index in [-0.39, 0.29) is 43.2 Å². The van der Waals surface area contributed by atoms with Gasteiger partial charge in [-0.25, -0.2) is 4.79 Å². The largest absolute Gasteiger partial charge is 0.395 e. The molecule has 3 heterocycles. The van der Waals surface area contributed by atoms with Crippen LogP contribution in [-0.2, 0) is 20.9 Å². The first kappa shape index (κ1) is 20.3. The first-order valence-electron chi connectivity index (χ1n) is 10.3. The molecule has 3 saturated heterocycles. The first-order valence-corrected chi connectivity index (χ1v) is 10.3. The minimum absolute atomic E-state index is 0.0385. The van der Waals surface area contributed by atoms with Crippen molar-refractivity contribution in [3.05, 3.63) is 35.9 Å². The number of likely N-dealkylation sites (tertiary alicyclic amines) is 1. The summed E-state index contributed by atoms with van der Waals surface area (Å²) >= 11 is 0. The van der Waals surface area contributed by atoms with Gasteiger partial charge in [0.2, 0.25) is 11.8 Å². The maximum absolute atomic E-state index is 13.3. The Balaban J connectivity index is 1.53. The van der Waals surface area contributed by atoms with Crippen LogP contribution >= 0.6 is 0 Å². The number of urea groups is 1. The number of nitrogens with zero attached hydrogens (tertiary/aromatic N) is 3. The molecule has 3 aliphatic heterocycles. The highest BCUT2D eigenvalue weighted by atomic mass is 16.3. The number of carbonyl (C=O) groups is 4. The average molecular weight is 414 g/mol. The number of hydrogen-bond donors (Lipinski definition) is 2. The van der Waals surface area contributed by atoms with Gasteiger partial charge in [-0.05, 0) is 18.4 Å². The molecule has 3 fully saturated rings. The van der Waals surface area contributed by atoms with Gasteiger partial charge in [-0.15, -0.1) is 0 Å². The summed E-state index contributed by atoms with van der Waals surface area (Å²) in [6.45, 7) is 1.01. The van der Waals surface area contributed by atoms with E-state index in [9.17, 15) is 24.3 Å². The standard InChI is InChI=1S/C21H26N4O5/c26-11-10-24-19(29)21(25(20(24)30)14-15-4-2-1-3-5-15)6-8-23(9-7-21)18(28)16-12-17(27)22-13-16/h1-5,16,26H,6-14H2,(H,22,27). The van der Waals surface area contributed by atoms with Gasteiger partial charge in [0.1, 0.15) is 5.54 Å². The number of β-amino-alcohol motifs (C(OH)–C–C–N with tert-alkyl or cyclic N) is 1. The van der Waals surface area contributed by atoms with Crippen molar-refractivity contribution in [1.29, 1.82) is 0 Å². The number of rotatable bonds is 5. The third kappa shape index (κ3) is 3.43. The van der Waals surface area contributed by atoms with Crippen LogP contribution in [0.2, 0.25) is 0 Å². The second kappa shape index (κ2) is 8.06. The Morgan fingerprint density at radius 3 is 2.43 bits per heavy atom. The third-order valence-corrected chi connectivity index (χ3v) is 6.36. The molecule has 0 bridgehead atoms. The van der Waals surface area contributed by atoms with Crippen molar-refractivity contribution >= 4 is 23.8 Å². The van der Waals surface area contributed by atoms with Crippen molar-refractivity contribution in [2.45, 2.75) is 31.3 Å². The number of aliphatic hydroxyl groups excluding tert-OH is 1. The summed E-state index contributed by atoms with van der Waals surface area (Å²) in [6.07, 6.45) is 0.876. The van der Waals surface area contributed by atoms with E-state index in [1.807, 2.05) is 30.3 Å². The van der Waals surface area contributed by atoms with Gasteiger partial charge in [-0.1, -0.05) is 30.3 Å². The Kier molecular flexibility index (Phi) is 5.46. The summed E-state index contributed by atoms with van der Waals surface area (Å²) in [5.74, 6) is -0.866. The van der Waals surface area contributed by atoms with E-state index in [0.29, 0.717) is 39.0 Å². The molecule has 1 aromatic carbocycles. The zero-order valence-corrected chi connectivity index (χ0v) is 16.7. The molecule has 30 heavy (non-hydrogen) atoms. The summed E-state index contributed by atoms with van der Waals surface area (Å²) < 4.78 is 0. The van der Waals surface area contributed by atoms with Crippen LogP contribution in [0, 0.1) is 5.92 Å². The van der Waals surface area contributed by atoms with Crippen LogP contribution in [0.1, 0.15) is 24.8 Å². The summed E-state index contributed by atoms with van der Waals surface area (Å²) in [6, 6.07) is 9.07. The Hall–Kier alpha value is -2.94. The number of aliphatic hydroxyl groups is 1. The highest BCUT2D eigenvalue weighted by Crippen LogP contribution is 2.38. The van der Waals surface area contributed by atoms with Gasteiger partial charge in [0.15, 0.2) is 0 Å². The van der Waals surface area contributed by atoms with Gasteiger partial charge in [0.25, 0.3) is 5.91 Å². The van der Waals surface area contributed by atoms with E-state index in [0.717, 1.165) is 10.5 Å². The normalized spacial score (nSPS) is 23.4. The van der Waals surface area contributed by atoms with Gasteiger partial charge in [0, 0.05) is 32.6 Å². The minimum Gasteiger partial charge on any atom is -0.395 e. The van der Waals surface area contributed by atoms with Crippen LogP contribution < -0.4 is 5.32 Å². The molecule has 3 aliphatic rings. The molecular formula is C21H26N4O5. The Morgan fingerprint density at radius 2 is 1.83 bits per heavy atom. The van der Waals surface area contributed by atoms with Crippen molar-refractivity contribution in [1.82, 2.24) is 20.0 Å². The number of hydrogen-bond acceptors (Lipinski definition) is 5. The van der Waals surface area contributed by atoms with Gasteiger partial charge in [0.05, 0.1) is 19.1 Å². The molecule has 1 spiro atoms. The van der Waals surface area contributed by atoms with Gasteiger partial charge in [-0.2, -0.15) is 0 Å². The molecule has 0 saturated carbocycles. The monoisotopic (exact) mass is 414 g/mol. The fourth-order valence-electron chi connectivity index (χ4n) is 4.68. The lowest BCUT2D eigenvalue weighted by molar-refractivity contribution is -0.143. The van der Waals surface area contributed by atoms with Crippen LogP contribution in [0.15, 0.2) is 30.3 Å². The van der Waals surface area contributed by atoms with Crippen molar-refractivity contribution in [3.63, 3.8) is 0 Å². The van der Waals surface area contributed by atoms with Crippen molar-refractivity contribution in [2.24, 2.45) is 5.92 Å². The lowest BCUT2D eigenvalue weighted by Gasteiger charge is -2.42. The molecule has 1 atom stereocenters. The number of benzene rings is 1. The fraction of sp³-hybridized carbons (Fsp3) is 0.524. The molecule has 0 aromatic heterocycles. The van der Waals surface area contributed by atoms with E-state index < -0.39 is 11.6 Å². The van der Waals surface area contributed by atoms with Gasteiger partial charge >= 0.3 is 6.03 Å². The second-order valence-electron chi connectivity index (χ2n) is 8.10.